The number of piperidine rings is 1. The van der Waals surface area contributed by atoms with E-state index in [1.54, 1.807) is 0 Å². The lowest BCUT2D eigenvalue weighted by atomic mass is 10.1. The fraction of sp³-hybridized carbons (Fsp3) is 0.632. The quantitative estimate of drug-likeness (QED) is 0.390. The molecule has 1 aliphatic rings. The Bertz CT molecular complexity index is 524. The number of guanidine groups is 1. The van der Waals surface area contributed by atoms with Gasteiger partial charge in [-0.3, -0.25) is 4.99 Å². The summed E-state index contributed by atoms with van der Waals surface area (Å²) >= 11 is 0. The van der Waals surface area contributed by atoms with Crippen LogP contribution in [0.5, 0.6) is 0 Å². The van der Waals surface area contributed by atoms with E-state index in [9.17, 15) is 0 Å². The molecule has 0 radical (unpaired) electrons. The highest BCUT2D eigenvalue weighted by Gasteiger charge is 2.19. The van der Waals surface area contributed by atoms with Gasteiger partial charge in [0.15, 0.2) is 5.96 Å². The van der Waals surface area contributed by atoms with Crippen LogP contribution in [0, 0.1) is 0 Å². The van der Waals surface area contributed by atoms with Gasteiger partial charge in [0.25, 0.3) is 0 Å². The van der Waals surface area contributed by atoms with Crippen molar-refractivity contribution >= 4 is 35.6 Å². The highest BCUT2D eigenvalue weighted by molar-refractivity contribution is 14.0. The Morgan fingerprint density at radius 3 is 2.60 bits per heavy atom. The molecule has 0 unspecified atom stereocenters. The van der Waals surface area contributed by atoms with Gasteiger partial charge in [-0.25, -0.2) is 0 Å². The van der Waals surface area contributed by atoms with Crippen LogP contribution < -0.4 is 15.5 Å². The second kappa shape index (κ2) is 11.6. The standard InChI is InChI=1S/C19H33N5.HI/c1-5-11-24-12-9-17(10-13-24)22-19(20-2)21-15-16-7-6-8-18(14-16)23(3)4;/h6-8,14,17H,5,9-13,15H2,1-4H3,(H2,20,21,22);1H. The van der Waals surface area contributed by atoms with Crippen LogP contribution in [0.2, 0.25) is 0 Å². The van der Waals surface area contributed by atoms with Crippen molar-refractivity contribution in [2.24, 2.45) is 4.99 Å². The van der Waals surface area contributed by atoms with E-state index in [0.29, 0.717) is 6.04 Å². The number of likely N-dealkylation sites (tertiary alicyclic amines) is 1. The average Bonchev–Trinajstić information content (AvgIpc) is 2.60. The molecule has 0 bridgehead atoms. The predicted molar refractivity (Wildman–Crippen MR) is 119 cm³/mol. The third-order valence-corrected chi connectivity index (χ3v) is 4.58. The van der Waals surface area contributed by atoms with E-state index in [4.69, 9.17) is 0 Å². The maximum absolute atomic E-state index is 4.38. The molecule has 0 aliphatic carbocycles. The van der Waals surface area contributed by atoms with Crippen molar-refractivity contribution in [3.63, 3.8) is 0 Å². The molecule has 2 N–H and O–H groups in total. The zero-order valence-electron chi connectivity index (χ0n) is 16.1. The Balaban J connectivity index is 0.00000312. The number of halogens is 1. The minimum atomic E-state index is 0. The van der Waals surface area contributed by atoms with E-state index in [-0.39, 0.29) is 24.0 Å². The van der Waals surface area contributed by atoms with E-state index in [1.165, 1.54) is 50.1 Å². The Kier molecular flexibility index (Phi) is 10.2. The van der Waals surface area contributed by atoms with Gasteiger partial charge in [0.2, 0.25) is 0 Å². The van der Waals surface area contributed by atoms with Crippen LogP contribution in [0.15, 0.2) is 29.3 Å². The van der Waals surface area contributed by atoms with Crippen molar-refractivity contribution in [2.75, 3.05) is 45.7 Å². The van der Waals surface area contributed by atoms with Crippen molar-refractivity contribution in [1.29, 1.82) is 0 Å². The number of hydrogen-bond acceptors (Lipinski definition) is 3. The summed E-state index contributed by atoms with van der Waals surface area (Å²) in [7, 11) is 5.98. The summed E-state index contributed by atoms with van der Waals surface area (Å²) in [6.07, 6.45) is 3.63. The summed E-state index contributed by atoms with van der Waals surface area (Å²) in [5, 5.41) is 7.02. The van der Waals surface area contributed by atoms with Crippen LogP contribution in [0.1, 0.15) is 31.7 Å². The summed E-state index contributed by atoms with van der Waals surface area (Å²) in [4.78, 5) is 9.06. The number of nitrogens with zero attached hydrogens (tertiary/aromatic N) is 3. The number of anilines is 1. The first kappa shape index (κ1) is 22.0. The van der Waals surface area contributed by atoms with Gasteiger partial charge in [0.1, 0.15) is 0 Å². The number of hydrogen-bond donors (Lipinski definition) is 2. The first-order chi connectivity index (χ1) is 11.6. The van der Waals surface area contributed by atoms with Gasteiger partial charge in [-0.2, -0.15) is 0 Å². The molecule has 0 amide bonds. The summed E-state index contributed by atoms with van der Waals surface area (Å²) in [6.45, 7) is 6.64. The molecule has 1 fully saturated rings. The minimum absolute atomic E-state index is 0. The molecule has 1 heterocycles. The smallest absolute Gasteiger partial charge is 0.191 e. The Labute approximate surface area is 170 Å². The minimum Gasteiger partial charge on any atom is -0.378 e. The van der Waals surface area contributed by atoms with Crippen molar-refractivity contribution < 1.29 is 0 Å². The Morgan fingerprint density at radius 2 is 2.00 bits per heavy atom. The number of aliphatic imine (C=N–C) groups is 1. The van der Waals surface area contributed by atoms with Crippen LogP contribution in [0.4, 0.5) is 5.69 Å². The van der Waals surface area contributed by atoms with E-state index < -0.39 is 0 Å². The number of rotatable bonds is 6. The maximum Gasteiger partial charge on any atom is 0.191 e. The summed E-state index contributed by atoms with van der Waals surface area (Å²) < 4.78 is 0. The van der Waals surface area contributed by atoms with Crippen LogP contribution in [0.25, 0.3) is 0 Å². The van der Waals surface area contributed by atoms with E-state index >= 15 is 0 Å². The molecule has 5 nitrogen and oxygen atoms in total. The molecule has 0 spiro atoms. The van der Waals surface area contributed by atoms with Crippen LogP contribution in [-0.4, -0.2) is 57.7 Å². The summed E-state index contributed by atoms with van der Waals surface area (Å²) in [5.41, 5.74) is 2.49. The lowest BCUT2D eigenvalue weighted by Gasteiger charge is -2.32. The van der Waals surface area contributed by atoms with Gasteiger partial charge < -0.3 is 20.4 Å². The van der Waals surface area contributed by atoms with Crippen LogP contribution in [-0.2, 0) is 6.54 Å². The van der Waals surface area contributed by atoms with Gasteiger partial charge >= 0.3 is 0 Å². The molecular formula is C19H34IN5. The second-order valence-electron chi connectivity index (χ2n) is 6.75. The maximum atomic E-state index is 4.38. The summed E-state index contributed by atoms with van der Waals surface area (Å²) in [5.74, 6) is 0.902. The first-order valence-corrected chi connectivity index (χ1v) is 9.08. The molecule has 0 atom stereocenters. The summed E-state index contributed by atoms with van der Waals surface area (Å²) in [6, 6.07) is 9.12. The van der Waals surface area contributed by atoms with Gasteiger partial charge in [-0.15, -0.1) is 24.0 Å². The molecule has 1 aromatic rings. The zero-order chi connectivity index (χ0) is 17.4. The van der Waals surface area contributed by atoms with Gasteiger partial charge in [0.05, 0.1) is 0 Å². The zero-order valence-corrected chi connectivity index (χ0v) is 18.4. The van der Waals surface area contributed by atoms with Crippen LogP contribution >= 0.6 is 24.0 Å². The van der Waals surface area contributed by atoms with E-state index in [1.807, 2.05) is 7.05 Å². The Hall–Kier alpha value is -1.02. The molecule has 1 saturated heterocycles. The second-order valence-corrected chi connectivity index (χ2v) is 6.75. The van der Waals surface area contributed by atoms with Crippen molar-refractivity contribution in [1.82, 2.24) is 15.5 Å². The molecule has 0 aromatic heterocycles. The lowest BCUT2D eigenvalue weighted by Crippen LogP contribution is -2.48. The van der Waals surface area contributed by atoms with Crippen LogP contribution in [0.3, 0.4) is 0 Å². The first-order valence-electron chi connectivity index (χ1n) is 9.08. The molecule has 25 heavy (non-hydrogen) atoms. The molecule has 2 rings (SSSR count). The third kappa shape index (κ3) is 7.40. The highest BCUT2D eigenvalue weighted by Crippen LogP contribution is 2.13. The molecular weight excluding hydrogens is 425 g/mol. The molecule has 1 aliphatic heterocycles. The van der Waals surface area contributed by atoms with Gasteiger partial charge in [-0.05, 0) is 43.5 Å². The van der Waals surface area contributed by atoms with Crippen molar-refractivity contribution in [3.05, 3.63) is 29.8 Å². The Morgan fingerprint density at radius 1 is 1.28 bits per heavy atom. The predicted octanol–water partition coefficient (Wildman–Crippen LogP) is 2.91. The molecule has 1 aromatic carbocycles. The number of nitrogens with one attached hydrogen (secondary N) is 2. The fourth-order valence-corrected chi connectivity index (χ4v) is 3.14. The average molecular weight is 459 g/mol. The lowest BCUT2D eigenvalue weighted by molar-refractivity contribution is 0.206. The molecule has 6 heteroatoms. The number of benzene rings is 1. The molecule has 0 saturated carbocycles. The SMILES string of the molecule is CCCN1CCC(NC(=NC)NCc2cccc(N(C)C)c2)CC1.I. The largest absolute Gasteiger partial charge is 0.378 e. The van der Waals surface area contributed by atoms with Crippen molar-refractivity contribution in [2.45, 2.75) is 38.8 Å². The molecule has 142 valence electrons. The van der Waals surface area contributed by atoms with E-state index in [0.717, 1.165) is 12.5 Å². The fourth-order valence-electron chi connectivity index (χ4n) is 3.14. The topological polar surface area (TPSA) is 42.9 Å². The van der Waals surface area contributed by atoms with Crippen molar-refractivity contribution in [3.8, 4) is 0 Å². The van der Waals surface area contributed by atoms with Gasteiger partial charge in [-0.1, -0.05) is 19.1 Å². The normalized spacial score (nSPS) is 16.2. The van der Waals surface area contributed by atoms with E-state index in [2.05, 4.69) is 70.7 Å². The highest BCUT2D eigenvalue weighted by atomic mass is 127. The third-order valence-electron chi connectivity index (χ3n) is 4.58. The monoisotopic (exact) mass is 459 g/mol. The van der Waals surface area contributed by atoms with Gasteiger partial charge in [0, 0.05) is 52.5 Å².